The molecule has 1 aliphatic rings. The van der Waals surface area contributed by atoms with E-state index in [-0.39, 0.29) is 22.0 Å². The summed E-state index contributed by atoms with van der Waals surface area (Å²) in [7, 11) is 0. The van der Waals surface area contributed by atoms with Gasteiger partial charge in [0.15, 0.2) is 5.13 Å². The maximum atomic E-state index is 12.5. The van der Waals surface area contributed by atoms with Crippen molar-refractivity contribution >= 4 is 34.4 Å². The van der Waals surface area contributed by atoms with Crippen LogP contribution >= 0.6 is 11.3 Å². The van der Waals surface area contributed by atoms with Gasteiger partial charge in [0.25, 0.3) is 5.91 Å². The van der Waals surface area contributed by atoms with Crippen LogP contribution in [-0.4, -0.2) is 45.1 Å². The van der Waals surface area contributed by atoms with Crippen LogP contribution < -0.4 is 5.32 Å². The molecular weight excluding hydrogens is 394 g/mol. The second-order valence-corrected chi connectivity index (χ2v) is 8.83. The number of thiazole rings is 1. The molecule has 0 saturated carbocycles. The van der Waals surface area contributed by atoms with Gasteiger partial charge in [0, 0.05) is 18.7 Å². The molecule has 1 aromatic heterocycles. The average Bonchev–Trinajstić information content (AvgIpc) is 2.99. The minimum absolute atomic E-state index is 0.105. The Morgan fingerprint density at radius 2 is 1.97 bits per heavy atom. The van der Waals surface area contributed by atoms with Crippen LogP contribution in [0.25, 0.3) is 0 Å². The highest BCUT2D eigenvalue weighted by atomic mass is 32.1. The van der Waals surface area contributed by atoms with Crippen molar-refractivity contribution in [2.75, 3.05) is 11.9 Å². The van der Waals surface area contributed by atoms with Crippen LogP contribution in [0.5, 0.6) is 0 Å². The number of nitrogens with zero attached hydrogens (tertiary/aromatic N) is 2. The Morgan fingerprint density at radius 3 is 2.59 bits per heavy atom. The van der Waals surface area contributed by atoms with Gasteiger partial charge in [-0.25, -0.2) is 14.6 Å². The zero-order chi connectivity index (χ0) is 21.3. The van der Waals surface area contributed by atoms with E-state index >= 15 is 0 Å². The van der Waals surface area contributed by atoms with Crippen molar-refractivity contribution < 1.29 is 24.2 Å². The fourth-order valence-corrected chi connectivity index (χ4v) is 3.79. The van der Waals surface area contributed by atoms with Gasteiger partial charge in [-0.1, -0.05) is 17.4 Å². The number of aromatic carboxylic acids is 1. The van der Waals surface area contributed by atoms with E-state index in [9.17, 15) is 14.4 Å². The SMILES string of the molecule is Cc1nc(NC(=O)c2ccc3c(c2)CCN(C(=O)OC(C)(C)C)C3)sc1C(=O)O. The van der Waals surface area contributed by atoms with Crippen LogP contribution in [-0.2, 0) is 17.7 Å². The number of hydrogen-bond donors (Lipinski definition) is 2. The van der Waals surface area contributed by atoms with Crippen molar-refractivity contribution in [2.45, 2.75) is 46.3 Å². The summed E-state index contributed by atoms with van der Waals surface area (Å²) in [6.45, 7) is 8.02. The fraction of sp³-hybridized carbons (Fsp3) is 0.400. The molecule has 9 heteroatoms. The number of carboxylic acid groups (broad SMARTS) is 1. The third-order valence-electron chi connectivity index (χ3n) is 4.34. The Hall–Kier alpha value is -2.94. The topological polar surface area (TPSA) is 109 Å². The Bertz CT molecular complexity index is 977. The first kappa shape index (κ1) is 20.8. The predicted octanol–water partition coefficient (Wildman–Crippen LogP) is 3.70. The van der Waals surface area contributed by atoms with Gasteiger partial charge in [-0.15, -0.1) is 0 Å². The second kappa shape index (κ2) is 7.82. The van der Waals surface area contributed by atoms with Gasteiger partial charge in [-0.05, 0) is 57.4 Å². The number of nitrogens with one attached hydrogen (secondary N) is 1. The molecule has 0 saturated heterocycles. The molecule has 0 atom stereocenters. The van der Waals surface area contributed by atoms with Crippen LogP contribution in [0.15, 0.2) is 18.2 Å². The molecule has 2 aromatic rings. The molecule has 2 amide bonds. The molecule has 8 nitrogen and oxygen atoms in total. The Morgan fingerprint density at radius 1 is 1.24 bits per heavy atom. The summed E-state index contributed by atoms with van der Waals surface area (Å²) >= 11 is 0.927. The lowest BCUT2D eigenvalue weighted by atomic mass is 9.97. The Kier molecular flexibility index (Phi) is 5.61. The number of rotatable bonds is 3. The number of carbonyl (C=O) groups excluding carboxylic acids is 2. The van der Waals surface area contributed by atoms with Gasteiger partial charge in [-0.2, -0.15) is 0 Å². The quantitative estimate of drug-likeness (QED) is 0.788. The second-order valence-electron chi connectivity index (χ2n) is 7.83. The molecule has 2 heterocycles. The van der Waals surface area contributed by atoms with Crippen molar-refractivity contribution in [1.82, 2.24) is 9.88 Å². The van der Waals surface area contributed by atoms with E-state index in [1.54, 1.807) is 24.0 Å². The Labute approximate surface area is 172 Å². The van der Waals surface area contributed by atoms with Crippen LogP contribution in [0.4, 0.5) is 9.93 Å². The lowest BCUT2D eigenvalue weighted by molar-refractivity contribution is 0.0223. The zero-order valence-electron chi connectivity index (χ0n) is 16.7. The summed E-state index contributed by atoms with van der Waals surface area (Å²) in [6, 6.07) is 5.32. The van der Waals surface area contributed by atoms with Crippen molar-refractivity contribution in [2.24, 2.45) is 0 Å². The van der Waals surface area contributed by atoms with E-state index in [1.807, 2.05) is 26.8 Å². The number of ether oxygens (including phenoxy) is 1. The van der Waals surface area contributed by atoms with Crippen LogP contribution in [0.2, 0.25) is 0 Å². The van der Waals surface area contributed by atoms with E-state index in [0.29, 0.717) is 30.8 Å². The van der Waals surface area contributed by atoms with Crippen LogP contribution in [0.3, 0.4) is 0 Å². The monoisotopic (exact) mass is 417 g/mol. The van der Waals surface area contributed by atoms with Crippen LogP contribution in [0, 0.1) is 6.92 Å². The first-order valence-corrected chi connectivity index (χ1v) is 9.97. The highest BCUT2D eigenvalue weighted by Crippen LogP contribution is 2.25. The zero-order valence-corrected chi connectivity index (χ0v) is 17.6. The molecule has 0 unspecified atom stereocenters. The molecule has 0 bridgehead atoms. The standard InChI is InChI=1S/C20H23N3O5S/c1-11-15(17(25)26)29-18(21-11)22-16(24)13-5-6-14-10-23(8-7-12(14)9-13)19(27)28-20(2,3)4/h5-6,9H,7-8,10H2,1-4H3,(H,25,26)(H,21,22,24). The number of carboxylic acids is 1. The molecular formula is C20H23N3O5S. The number of aryl methyl sites for hydroxylation is 1. The van der Waals surface area contributed by atoms with Gasteiger partial charge in [0.2, 0.25) is 0 Å². The summed E-state index contributed by atoms with van der Waals surface area (Å²) in [4.78, 5) is 41.8. The lowest BCUT2D eigenvalue weighted by Gasteiger charge is -2.31. The molecule has 0 spiro atoms. The van der Waals surface area contributed by atoms with Crippen molar-refractivity contribution in [3.63, 3.8) is 0 Å². The molecule has 154 valence electrons. The largest absolute Gasteiger partial charge is 0.477 e. The summed E-state index contributed by atoms with van der Waals surface area (Å²) in [5, 5.41) is 12.0. The maximum Gasteiger partial charge on any atom is 0.410 e. The predicted molar refractivity (Wildman–Crippen MR) is 109 cm³/mol. The Balaban J connectivity index is 1.70. The highest BCUT2D eigenvalue weighted by Gasteiger charge is 2.26. The van der Waals surface area contributed by atoms with Crippen LogP contribution in [0.1, 0.15) is 57.6 Å². The minimum Gasteiger partial charge on any atom is -0.477 e. The molecule has 0 fully saturated rings. The molecule has 1 aromatic carbocycles. The number of hydrogen-bond acceptors (Lipinski definition) is 6. The van der Waals surface area contributed by atoms with E-state index in [4.69, 9.17) is 9.84 Å². The summed E-state index contributed by atoms with van der Waals surface area (Å²) in [6.07, 6.45) is 0.272. The third-order valence-corrected chi connectivity index (χ3v) is 5.40. The molecule has 0 aliphatic carbocycles. The molecule has 1 aliphatic heterocycles. The number of carbonyl (C=O) groups is 3. The first-order chi connectivity index (χ1) is 13.5. The lowest BCUT2D eigenvalue weighted by Crippen LogP contribution is -2.39. The van der Waals surface area contributed by atoms with Gasteiger partial charge in [-0.3, -0.25) is 10.1 Å². The molecule has 2 N–H and O–H groups in total. The number of aromatic nitrogens is 1. The summed E-state index contributed by atoms with van der Waals surface area (Å²) in [5.74, 6) is -1.42. The van der Waals surface area contributed by atoms with Crippen molar-refractivity contribution in [3.05, 3.63) is 45.5 Å². The van der Waals surface area contributed by atoms with Crippen molar-refractivity contribution in [1.29, 1.82) is 0 Å². The van der Waals surface area contributed by atoms with Gasteiger partial charge in [0.05, 0.1) is 5.69 Å². The highest BCUT2D eigenvalue weighted by molar-refractivity contribution is 7.17. The first-order valence-electron chi connectivity index (χ1n) is 9.15. The van der Waals surface area contributed by atoms with Gasteiger partial charge < -0.3 is 14.7 Å². The third kappa shape index (κ3) is 4.92. The summed E-state index contributed by atoms with van der Waals surface area (Å²) in [5.41, 5.74) is 2.24. The average molecular weight is 417 g/mol. The van der Waals surface area contributed by atoms with Crippen molar-refractivity contribution in [3.8, 4) is 0 Å². The van der Waals surface area contributed by atoms with Gasteiger partial charge >= 0.3 is 12.1 Å². The molecule has 29 heavy (non-hydrogen) atoms. The fourth-order valence-electron chi connectivity index (χ4n) is 2.99. The summed E-state index contributed by atoms with van der Waals surface area (Å²) < 4.78 is 5.42. The van der Waals surface area contributed by atoms with Gasteiger partial charge in [0.1, 0.15) is 10.5 Å². The van der Waals surface area contributed by atoms with E-state index < -0.39 is 11.6 Å². The number of amides is 2. The smallest absolute Gasteiger partial charge is 0.410 e. The molecule has 0 radical (unpaired) electrons. The molecule has 3 rings (SSSR count). The maximum absolute atomic E-state index is 12.5. The van der Waals surface area contributed by atoms with E-state index in [2.05, 4.69) is 10.3 Å². The van der Waals surface area contributed by atoms with E-state index in [1.165, 1.54) is 0 Å². The number of anilines is 1. The number of benzene rings is 1. The normalized spacial score (nSPS) is 13.6. The number of fused-ring (bicyclic) bond motifs is 1. The minimum atomic E-state index is -1.07. The van der Waals surface area contributed by atoms with E-state index in [0.717, 1.165) is 22.5 Å².